The van der Waals surface area contributed by atoms with Gasteiger partial charge in [0.2, 0.25) is 0 Å². The summed E-state index contributed by atoms with van der Waals surface area (Å²) in [6.07, 6.45) is 1.29. The van der Waals surface area contributed by atoms with Gasteiger partial charge in [-0.3, -0.25) is 0 Å². The van der Waals surface area contributed by atoms with E-state index in [1.165, 1.54) is 17.9 Å². The Labute approximate surface area is 79.7 Å². The summed E-state index contributed by atoms with van der Waals surface area (Å²) in [6.45, 7) is 6.40. The van der Waals surface area contributed by atoms with Crippen molar-refractivity contribution in [1.82, 2.24) is 5.32 Å². The Bertz CT molecular complexity index is 136. The van der Waals surface area contributed by atoms with Crippen LogP contribution in [0.25, 0.3) is 0 Å². The van der Waals surface area contributed by atoms with Gasteiger partial charge in [-0.15, -0.1) is 0 Å². The summed E-state index contributed by atoms with van der Waals surface area (Å²) in [5, 5.41) is 3.48. The summed E-state index contributed by atoms with van der Waals surface area (Å²) in [6, 6.07) is 0.683. The van der Waals surface area contributed by atoms with E-state index in [1.807, 2.05) is 0 Å². The van der Waals surface area contributed by atoms with E-state index in [0.717, 1.165) is 13.1 Å². The first-order valence-electron chi connectivity index (χ1n) is 4.65. The van der Waals surface area contributed by atoms with Crippen molar-refractivity contribution in [3.05, 3.63) is 0 Å². The van der Waals surface area contributed by atoms with Gasteiger partial charge in [-0.05, 0) is 17.6 Å². The molecule has 1 rings (SSSR count). The average Bonchev–Trinajstić information content (AvgIpc) is 1.99. The molecule has 2 nitrogen and oxygen atoms in total. The van der Waals surface area contributed by atoms with Gasteiger partial charge in [0.1, 0.15) is 0 Å². The molecule has 3 heteroatoms. The highest BCUT2D eigenvalue weighted by Crippen LogP contribution is 2.33. The minimum Gasteiger partial charge on any atom is -0.329 e. The number of nitrogens with one attached hydrogen (secondary N) is 1. The van der Waals surface area contributed by atoms with Gasteiger partial charge in [-0.1, -0.05) is 13.8 Å². The average molecular weight is 188 g/mol. The first kappa shape index (κ1) is 10.4. The molecule has 0 aromatic rings. The number of hydrogen-bond donors (Lipinski definition) is 2. The second-order valence-electron chi connectivity index (χ2n) is 4.32. The van der Waals surface area contributed by atoms with E-state index < -0.39 is 0 Å². The van der Waals surface area contributed by atoms with Crippen LogP contribution < -0.4 is 11.1 Å². The van der Waals surface area contributed by atoms with Gasteiger partial charge in [0.15, 0.2) is 0 Å². The molecular formula is C9H20N2S. The molecule has 1 unspecified atom stereocenters. The van der Waals surface area contributed by atoms with Crippen molar-refractivity contribution in [3.63, 3.8) is 0 Å². The molecular weight excluding hydrogens is 168 g/mol. The Hall–Kier alpha value is 0.270. The molecule has 0 spiro atoms. The predicted molar refractivity (Wildman–Crippen MR) is 56.6 cm³/mol. The van der Waals surface area contributed by atoms with Gasteiger partial charge in [0, 0.05) is 24.9 Å². The van der Waals surface area contributed by atoms with Gasteiger partial charge in [0.05, 0.1) is 0 Å². The van der Waals surface area contributed by atoms with Crippen molar-refractivity contribution < 1.29 is 0 Å². The lowest BCUT2D eigenvalue weighted by atomic mass is 9.88. The SMILES string of the molecule is CC1(C)CSCC(NCCN)C1. The third kappa shape index (κ3) is 3.33. The van der Waals surface area contributed by atoms with Gasteiger partial charge in [0.25, 0.3) is 0 Å². The fraction of sp³-hybridized carbons (Fsp3) is 1.00. The zero-order chi connectivity index (χ0) is 9.03. The summed E-state index contributed by atoms with van der Waals surface area (Å²) in [5.41, 5.74) is 5.95. The molecule has 72 valence electrons. The molecule has 0 aromatic heterocycles. The van der Waals surface area contributed by atoms with E-state index in [4.69, 9.17) is 5.73 Å². The monoisotopic (exact) mass is 188 g/mol. The molecule has 0 saturated carbocycles. The predicted octanol–water partition coefficient (Wildman–Crippen LogP) is 1.07. The fourth-order valence-corrected chi connectivity index (χ4v) is 2.99. The molecule has 0 aliphatic carbocycles. The van der Waals surface area contributed by atoms with E-state index in [9.17, 15) is 0 Å². The Morgan fingerprint density at radius 2 is 2.33 bits per heavy atom. The van der Waals surface area contributed by atoms with Crippen LogP contribution in [0.5, 0.6) is 0 Å². The van der Waals surface area contributed by atoms with Gasteiger partial charge in [-0.2, -0.15) is 11.8 Å². The van der Waals surface area contributed by atoms with Crippen LogP contribution in [0.3, 0.4) is 0 Å². The minimum absolute atomic E-state index is 0.509. The highest BCUT2D eigenvalue weighted by Gasteiger charge is 2.27. The largest absolute Gasteiger partial charge is 0.329 e. The van der Waals surface area contributed by atoms with Crippen LogP contribution in [0.4, 0.5) is 0 Å². The van der Waals surface area contributed by atoms with E-state index in [2.05, 4.69) is 30.9 Å². The summed E-state index contributed by atoms with van der Waals surface area (Å²) >= 11 is 2.06. The Balaban J connectivity index is 2.26. The normalized spacial score (nSPS) is 28.8. The van der Waals surface area contributed by atoms with Crippen LogP contribution in [0.2, 0.25) is 0 Å². The smallest absolute Gasteiger partial charge is 0.0164 e. The summed E-state index contributed by atoms with van der Waals surface area (Å²) < 4.78 is 0. The molecule has 1 aliphatic heterocycles. The van der Waals surface area contributed by atoms with Gasteiger partial charge in [-0.25, -0.2) is 0 Å². The van der Waals surface area contributed by atoms with Crippen LogP contribution in [-0.4, -0.2) is 30.6 Å². The highest BCUT2D eigenvalue weighted by atomic mass is 32.2. The lowest BCUT2D eigenvalue weighted by Gasteiger charge is -2.35. The van der Waals surface area contributed by atoms with Crippen molar-refractivity contribution in [1.29, 1.82) is 0 Å². The molecule has 1 saturated heterocycles. The van der Waals surface area contributed by atoms with Crippen LogP contribution in [0.15, 0.2) is 0 Å². The molecule has 12 heavy (non-hydrogen) atoms. The highest BCUT2D eigenvalue weighted by molar-refractivity contribution is 7.99. The topological polar surface area (TPSA) is 38.0 Å². The van der Waals surface area contributed by atoms with E-state index in [1.54, 1.807) is 0 Å². The van der Waals surface area contributed by atoms with Crippen LogP contribution >= 0.6 is 11.8 Å². The molecule has 0 bridgehead atoms. The van der Waals surface area contributed by atoms with Crippen LogP contribution in [0, 0.1) is 5.41 Å². The zero-order valence-corrected chi connectivity index (χ0v) is 8.91. The van der Waals surface area contributed by atoms with Gasteiger partial charge < -0.3 is 11.1 Å². The maximum Gasteiger partial charge on any atom is 0.0164 e. The number of nitrogens with two attached hydrogens (primary N) is 1. The van der Waals surface area contributed by atoms with Gasteiger partial charge >= 0.3 is 0 Å². The maximum absolute atomic E-state index is 5.44. The molecule has 3 N–H and O–H groups in total. The second kappa shape index (κ2) is 4.49. The van der Waals surface area contributed by atoms with Crippen molar-refractivity contribution in [2.45, 2.75) is 26.3 Å². The third-order valence-electron chi connectivity index (χ3n) is 2.19. The van der Waals surface area contributed by atoms with E-state index in [-0.39, 0.29) is 0 Å². The minimum atomic E-state index is 0.509. The summed E-state index contributed by atoms with van der Waals surface area (Å²) in [4.78, 5) is 0. The fourth-order valence-electron chi connectivity index (χ4n) is 1.68. The van der Waals surface area contributed by atoms with Crippen LogP contribution in [-0.2, 0) is 0 Å². The maximum atomic E-state index is 5.44. The molecule has 0 radical (unpaired) electrons. The number of hydrogen-bond acceptors (Lipinski definition) is 3. The van der Waals surface area contributed by atoms with Crippen LogP contribution in [0.1, 0.15) is 20.3 Å². The van der Waals surface area contributed by atoms with Crippen molar-refractivity contribution >= 4 is 11.8 Å². The van der Waals surface area contributed by atoms with E-state index >= 15 is 0 Å². The first-order chi connectivity index (χ1) is 5.64. The lowest BCUT2D eigenvalue weighted by Crippen LogP contribution is -2.42. The molecule has 0 aromatic carbocycles. The quantitative estimate of drug-likeness (QED) is 0.696. The van der Waals surface area contributed by atoms with E-state index in [0.29, 0.717) is 11.5 Å². The molecule has 1 heterocycles. The zero-order valence-electron chi connectivity index (χ0n) is 8.10. The second-order valence-corrected chi connectivity index (χ2v) is 5.35. The first-order valence-corrected chi connectivity index (χ1v) is 5.81. The Morgan fingerprint density at radius 3 is 2.92 bits per heavy atom. The molecule has 1 fully saturated rings. The Morgan fingerprint density at radius 1 is 1.58 bits per heavy atom. The standard InChI is InChI=1S/C9H20N2S/c1-9(2)5-8(6-12-7-9)11-4-3-10/h8,11H,3-7,10H2,1-2H3. The molecule has 1 aliphatic rings. The molecule has 0 amide bonds. The van der Waals surface area contributed by atoms with Crippen molar-refractivity contribution in [3.8, 4) is 0 Å². The van der Waals surface area contributed by atoms with Crippen molar-refractivity contribution in [2.24, 2.45) is 11.1 Å². The summed E-state index contributed by atoms with van der Waals surface area (Å²) in [7, 11) is 0. The summed E-state index contributed by atoms with van der Waals surface area (Å²) in [5.74, 6) is 2.55. The van der Waals surface area contributed by atoms with Crippen molar-refractivity contribution in [2.75, 3.05) is 24.6 Å². The number of rotatable bonds is 3. The molecule has 1 atom stereocenters. The lowest BCUT2D eigenvalue weighted by molar-refractivity contribution is 0.320. The Kier molecular flexibility index (Phi) is 3.87. The third-order valence-corrected chi connectivity index (χ3v) is 3.81. The number of thioether (sulfide) groups is 1.